The van der Waals surface area contributed by atoms with Crippen LogP contribution in [-0.2, 0) is 27.1 Å². The summed E-state index contributed by atoms with van der Waals surface area (Å²) >= 11 is 6.20. The molecular weight excluding hydrogens is 332 g/mol. The summed E-state index contributed by atoms with van der Waals surface area (Å²) in [6.45, 7) is 0.481. The van der Waals surface area contributed by atoms with Crippen molar-refractivity contribution < 1.29 is 4.74 Å². The molecule has 0 amide bonds. The number of rotatable bonds is 4. The fourth-order valence-electron chi connectivity index (χ4n) is 2.66. The van der Waals surface area contributed by atoms with E-state index in [1.807, 2.05) is 24.3 Å². The molecule has 0 spiro atoms. The van der Waals surface area contributed by atoms with Crippen molar-refractivity contribution >= 4 is 22.8 Å². The lowest BCUT2D eigenvalue weighted by Crippen LogP contribution is -2.37. The maximum absolute atomic E-state index is 12.4. The van der Waals surface area contributed by atoms with Crippen LogP contribution in [0.15, 0.2) is 33.9 Å². The number of imidazole rings is 1. The summed E-state index contributed by atoms with van der Waals surface area (Å²) < 4.78 is 9.16. The van der Waals surface area contributed by atoms with Crippen LogP contribution in [0, 0.1) is 0 Å². The van der Waals surface area contributed by atoms with Crippen LogP contribution in [0.2, 0.25) is 5.28 Å². The standard InChI is InChI=1S/C16H17ClN4O3/c1-19-13-12(14(22)20(2)16(19)23)21(15(17)18-13)9-8-10-4-6-11(24-3)7-5-10/h4-7H,8-9H2,1-3H3. The lowest BCUT2D eigenvalue weighted by atomic mass is 10.1. The summed E-state index contributed by atoms with van der Waals surface area (Å²) in [7, 11) is 4.63. The Kier molecular flexibility index (Phi) is 4.19. The molecule has 0 N–H and O–H groups in total. The summed E-state index contributed by atoms with van der Waals surface area (Å²) in [4.78, 5) is 28.6. The molecule has 0 fully saturated rings. The van der Waals surface area contributed by atoms with Crippen LogP contribution in [0.3, 0.4) is 0 Å². The molecule has 24 heavy (non-hydrogen) atoms. The van der Waals surface area contributed by atoms with Crippen molar-refractivity contribution in [1.82, 2.24) is 18.7 Å². The third kappa shape index (κ3) is 2.60. The summed E-state index contributed by atoms with van der Waals surface area (Å²) in [5, 5.41) is 0.191. The topological polar surface area (TPSA) is 71.1 Å². The SMILES string of the molecule is COc1ccc(CCn2c(Cl)nc3c2c(=O)n(C)c(=O)n3C)cc1. The van der Waals surface area contributed by atoms with Gasteiger partial charge in [0.2, 0.25) is 5.28 Å². The quantitative estimate of drug-likeness (QED) is 0.667. The third-order valence-corrected chi connectivity index (χ3v) is 4.37. The largest absolute Gasteiger partial charge is 0.497 e. The zero-order chi connectivity index (χ0) is 17.4. The fraction of sp³-hybridized carbons (Fsp3) is 0.312. The van der Waals surface area contributed by atoms with Crippen LogP contribution < -0.4 is 16.0 Å². The molecule has 0 saturated heterocycles. The van der Waals surface area contributed by atoms with Gasteiger partial charge in [0.1, 0.15) is 5.75 Å². The maximum Gasteiger partial charge on any atom is 0.332 e. The number of aryl methyl sites for hydroxylation is 3. The molecule has 7 nitrogen and oxygen atoms in total. The van der Waals surface area contributed by atoms with Crippen LogP contribution in [0.25, 0.3) is 11.2 Å². The van der Waals surface area contributed by atoms with E-state index in [2.05, 4.69) is 4.98 Å². The lowest BCUT2D eigenvalue weighted by molar-refractivity contribution is 0.414. The molecule has 2 aromatic heterocycles. The number of halogens is 1. The molecule has 0 radical (unpaired) electrons. The Labute approximate surface area is 142 Å². The maximum atomic E-state index is 12.4. The molecule has 0 aliphatic carbocycles. The Morgan fingerprint density at radius 3 is 2.42 bits per heavy atom. The first-order valence-electron chi connectivity index (χ1n) is 7.38. The van der Waals surface area contributed by atoms with Gasteiger partial charge >= 0.3 is 5.69 Å². The Hall–Kier alpha value is -2.54. The number of hydrogen-bond donors (Lipinski definition) is 0. The Morgan fingerprint density at radius 1 is 1.12 bits per heavy atom. The Balaban J connectivity index is 2.02. The molecular formula is C16H17ClN4O3. The van der Waals surface area contributed by atoms with Crippen molar-refractivity contribution in [3.8, 4) is 5.75 Å². The van der Waals surface area contributed by atoms with Gasteiger partial charge in [0, 0.05) is 20.6 Å². The first-order valence-corrected chi connectivity index (χ1v) is 7.76. The molecule has 0 bridgehead atoms. The third-order valence-electron chi connectivity index (χ3n) is 4.08. The van der Waals surface area contributed by atoms with E-state index in [-0.39, 0.29) is 5.28 Å². The normalized spacial score (nSPS) is 11.2. The average Bonchev–Trinajstić information content (AvgIpc) is 2.93. The Morgan fingerprint density at radius 2 is 1.79 bits per heavy atom. The highest BCUT2D eigenvalue weighted by molar-refractivity contribution is 6.29. The van der Waals surface area contributed by atoms with E-state index in [9.17, 15) is 9.59 Å². The predicted octanol–water partition coefficient (Wildman–Crippen LogP) is 1.34. The number of nitrogens with zero attached hydrogens (tertiary/aromatic N) is 4. The number of aromatic nitrogens is 4. The summed E-state index contributed by atoms with van der Waals surface area (Å²) in [5.74, 6) is 0.786. The van der Waals surface area contributed by atoms with Crippen molar-refractivity contribution in [2.24, 2.45) is 14.1 Å². The Bertz CT molecular complexity index is 1010. The van der Waals surface area contributed by atoms with Crippen molar-refractivity contribution in [2.45, 2.75) is 13.0 Å². The van der Waals surface area contributed by atoms with Gasteiger partial charge in [-0.1, -0.05) is 12.1 Å². The molecule has 2 heterocycles. The number of fused-ring (bicyclic) bond motifs is 1. The van der Waals surface area contributed by atoms with E-state index in [4.69, 9.17) is 16.3 Å². The number of benzene rings is 1. The predicted molar refractivity (Wildman–Crippen MR) is 91.9 cm³/mol. The zero-order valence-electron chi connectivity index (χ0n) is 13.6. The van der Waals surface area contributed by atoms with Gasteiger partial charge in [0.25, 0.3) is 5.56 Å². The van der Waals surface area contributed by atoms with Gasteiger partial charge in [-0.2, -0.15) is 4.98 Å². The van der Waals surface area contributed by atoms with E-state index in [1.165, 1.54) is 11.6 Å². The van der Waals surface area contributed by atoms with Gasteiger partial charge in [-0.3, -0.25) is 13.9 Å². The zero-order valence-corrected chi connectivity index (χ0v) is 14.4. The van der Waals surface area contributed by atoms with Crippen molar-refractivity contribution in [1.29, 1.82) is 0 Å². The van der Waals surface area contributed by atoms with Crippen molar-refractivity contribution in [3.05, 3.63) is 56.0 Å². The van der Waals surface area contributed by atoms with E-state index in [1.54, 1.807) is 18.7 Å². The van der Waals surface area contributed by atoms with Gasteiger partial charge < -0.3 is 9.30 Å². The first-order chi connectivity index (χ1) is 11.4. The number of methoxy groups -OCH3 is 1. The van der Waals surface area contributed by atoms with Crippen LogP contribution in [0.4, 0.5) is 0 Å². The molecule has 0 unspecified atom stereocenters. The second kappa shape index (κ2) is 6.16. The van der Waals surface area contributed by atoms with E-state index in [0.717, 1.165) is 15.9 Å². The summed E-state index contributed by atoms with van der Waals surface area (Å²) in [6, 6.07) is 7.68. The smallest absolute Gasteiger partial charge is 0.332 e. The molecule has 0 aliphatic rings. The number of hydrogen-bond acceptors (Lipinski definition) is 4. The highest BCUT2D eigenvalue weighted by Gasteiger charge is 2.17. The van der Waals surface area contributed by atoms with E-state index in [0.29, 0.717) is 24.1 Å². The van der Waals surface area contributed by atoms with Gasteiger partial charge in [0.15, 0.2) is 11.2 Å². The van der Waals surface area contributed by atoms with Crippen molar-refractivity contribution in [3.63, 3.8) is 0 Å². The van der Waals surface area contributed by atoms with E-state index < -0.39 is 11.2 Å². The van der Waals surface area contributed by atoms with E-state index >= 15 is 0 Å². The minimum absolute atomic E-state index is 0.191. The minimum atomic E-state index is -0.427. The van der Waals surface area contributed by atoms with Gasteiger partial charge in [-0.25, -0.2) is 4.79 Å². The molecule has 0 aliphatic heterocycles. The highest BCUT2D eigenvalue weighted by Crippen LogP contribution is 2.17. The number of ether oxygens (including phenoxy) is 1. The van der Waals surface area contributed by atoms with Crippen LogP contribution in [0.1, 0.15) is 5.56 Å². The van der Waals surface area contributed by atoms with Gasteiger partial charge in [-0.05, 0) is 35.7 Å². The van der Waals surface area contributed by atoms with Crippen molar-refractivity contribution in [2.75, 3.05) is 7.11 Å². The summed E-state index contributed by atoms with van der Waals surface area (Å²) in [5.41, 5.74) is 0.877. The van der Waals surface area contributed by atoms with Gasteiger partial charge in [0.05, 0.1) is 7.11 Å². The van der Waals surface area contributed by atoms with Gasteiger partial charge in [-0.15, -0.1) is 0 Å². The highest BCUT2D eigenvalue weighted by atomic mass is 35.5. The average molecular weight is 349 g/mol. The molecule has 0 saturated carbocycles. The molecule has 1 aromatic carbocycles. The fourth-order valence-corrected chi connectivity index (χ4v) is 2.91. The van der Waals surface area contributed by atoms with Crippen LogP contribution >= 0.6 is 11.6 Å². The molecule has 0 atom stereocenters. The monoisotopic (exact) mass is 348 g/mol. The molecule has 126 valence electrons. The minimum Gasteiger partial charge on any atom is -0.497 e. The van der Waals surface area contributed by atoms with Crippen LogP contribution in [-0.4, -0.2) is 25.8 Å². The lowest BCUT2D eigenvalue weighted by Gasteiger charge is -2.08. The second-order valence-corrected chi connectivity index (χ2v) is 5.85. The second-order valence-electron chi connectivity index (χ2n) is 5.51. The molecule has 3 rings (SSSR count). The van der Waals surface area contributed by atoms with Crippen LogP contribution in [0.5, 0.6) is 5.75 Å². The molecule has 8 heteroatoms. The summed E-state index contributed by atoms with van der Waals surface area (Å²) in [6.07, 6.45) is 0.668. The molecule has 3 aromatic rings. The first kappa shape index (κ1) is 16.3.